The van der Waals surface area contributed by atoms with E-state index in [1.807, 2.05) is 13.8 Å². The van der Waals surface area contributed by atoms with Gasteiger partial charge in [0.1, 0.15) is 5.15 Å². The summed E-state index contributed by atoms with van der Waals surface area (Å²) in [4.78, 5) is 11.1. The fourth-order valence-corrected chi connectivity index (χ4v) is 2.22. The van der Waals surface area contributed by atoms with Gasteiger partial charge in [-0.05, 0) is 24.1 Å². The molecule has 0 saturated carbocycles. The number of hydrogen-bond donors (Lipinski definition) is 0. The minimum absolute atomic E-state index is 0.00743. The molecule has 0 fully saturated rings. The van der Waals surface area contributed by atoms with Gasteiger partial charge in [-0.2, -0.15) is 18.3 Å². The third kappa shape index (κ3) is 2.95. The molecule has 2 rings (SSSR count). The van der Waals surface area contributed by atoms with Gasteiger partial charge in [0.25, 0.3) is 0 Å². The summed E-state index contributed by atoms with van der Waals surface area (Å²) in [6.07, 6.45) is -3.89. The molecule has 0 saturated heterocycles. The molecule has 1 heterocycles. The second-order valence-electron chi connectivity index (χ2n) is 4.82. The molecule has 0 spiro atoms. The molecule has 7 heteroatoms. The van der Waals surface area contributed by atoms with Gasteiger partial charge in [0.05, 0.1) is 22.5 Å². The molecular weight excluding hydrogens is 305 g/mol. The van der Waals surface area contributed by atoms with Crippen molar-refractivity contribution in [3.63, 3.8) is 0 Å². The van der Waals surface area contributed by atoms with Crippen molar-refractivity contribution in [2.24, 2.45) is 0 Å². The Morgan fingerprint density at radius 1 is 1.33 bits per heavy atom. The Morgan fingerprint density at radius 3 is 2.48 bits per heavy atom. The molecular formula is C14H12ClF3N2O. The van der Waals surface area contributed by atoms with Crippen LogP contribution in [0.5, 0.6) is 0 Å². The average Bonchev–Trinajstić information content (AvgIpc) is 2.75. The number of rotatable bonds is 3. The van der Waals surface area contributed by atoms with Crippen LogP contribution in [0.15, 0.2) is 24.3 Å². The van der Waals surface area contributed by atoms with Gasteiger partial charge in [-0.25, -0.2) is 4.68 Å². The summed E-state index contributed by atoms with van der Waals surface area (Å²) in [5.41, 5.74) is 0.00614. The fraction of sp³-hybridized carbons (Fsp3) is 0.286. The van der Waals surface area contributed by atoms with E-state index in [-0.39, 0.29) is 22.3 Å². The Kier molecular flexibility index (Phi) is 4.09. The molecule has 0 N–H and O–H groups in total. The van der Waals surface area contributed by atoms with Crippen LogP contribution in [0.4, 0.5) is 13.2 Å². The molecule has 0 bridgehead atoms. The van der Waals surface area contributed by atoms with Crippen molar-refractivity contribution in [1.82, 2.24) is 9.78 Å². The van der Waals surface area contributed by atoms with Gasteiger partial charge in [0.2, 0.25) is 0 Å². The summed E-state index contributed by atoms with van der Waals surface area (Å²) in [7, 11) is 0. The Balaban J connectivity index is 2.60. The van der Waals surface area contributed by atoms with E-state index in [1.165, 1.54) is 12.1 Å². The molecule has 1 aromatic carbocycles. The van der Waals surface area contributed by atoms with Crippen molar-refractivity contribution >= 4 is 17.9 Å². The summed E-state index contributed by atoms with van der Waals surface area (Å²) in [5.74, 6) is -0.0743. The lowest BCUT2D eigenvalue weighted by atomic mass is 10.1. The van der Waals surface area contributed by atoms with Crippen molar-refractivity contribution in [2.45, 2.75) is 25.9 Å². The summed E-state index contributed by atoms with van der Waals surface area (Å²) in [6.45, 7) is 3.64. The summed E-state index contributed by atoms with van der Waals surface area (Å²) < 4.78 is 39.4. The van der Waals surface area contributed by atoms with E-state index in [0.717, 1.165) is 16.8 Å². The molecule has 0 aliphatic heterocycles. The van der Waals surface area contributed by atoms with Gasteiger partial charge in [0, 0.05) is 0 Å². The van der Waals surface area contributed by atoms with E-state index in [2.05, 4.69) is 5.10 Å². The number of aromatic nitrogens is 2. The zero-order valence-electron chi connectivity index (χ0n) is 11.3. The van der Waals surface area contributed by atoms with Crippen LogP contribution in [0, 0.1) is 0 Å². The molecule has 0 amide bonds. The van der Waals surface area contributed by atoms with Crippen LogP contribution < -0.4 is 0 Å². The maximum absolute atomic E-state index is 12.7. The molecule has 1 aromatic heterocycles. The van der Waals surface area contributed by atoms with Crippen molar-refractivity contribution < 1.29 is 18.0 Å². The monoisotopic (exact) mass is 316 g/mol. The topological polar surface area (TPSA) is 34.9 Å². The number of hydrogen-bond acceptors (Lipinski definition) is 2. The number of nitrogens with zero attached hydrogens (tertiary/aromatic N) is 2. The molecule has 0 aliphatic carbocycles. The van der Waals surface area contributed by atoms with Crippen molar-refractivity contribution in [1.29, 1.82) is 0 Å². The van der Waals surface area contributed by atoms with Crippen molar-refractivity contribution in [3.05, 3.63) is 46.2 Å². The number of carbonyl (C=O) groups is 1. The molecule has 112 valence electrons. The maximum atomic E-state index is 12.7. The minimum Gasteiger partial charge on any atom is -0.298 e. The van der Waals surface area contributed by atoms with E-state index in [4.69, 9.17) is 11.6 Å². The molecule has 0 atom stereocenters. The lowest BCUT2D eigenvalue weighted by molar-refractivity contribution is -0.137. The first kappa shape index (κ1) is 15.6. The van der Waals surface area contributed by atoms with E-state index in [9.17, 15) is 18.0 Å². The van der Waals surface area contributed by atoms with Crippen molar-refractivity contribution in [3.8, 4) is 5.69 Å². The lowest BCUT2D eigenvalue weighted by Gasteiger charge is -2.09. The van der Waals surface area contributed by atoms with Crippen LogP contribution in [0.2, 0.25) is 5.15 Å². The third-order valence-electron chi connectivity index (χ3n) is 2.97. The highest BCUT2D eigenvalue weighted by Crippen LogP contribution is 2.32. The quantitative estimate of drug-likeness (QED) is 0.782. The van der Waals surface area contributed by atoms with Crippen LogP contribution >= 0.6 is 11.6 Å². The standard InChI is InChI=1S/C14H12ClF3N2O/c1-8(2)12-11(7-21)13(15)20(19-12)10-5-3-4-9(6-10)14(16,17)18/h3-8H,1-2H3. The zero-order chi connectivity index (χ0) is 15.8. The molecule has 2 aromatic rings. The molecule has 0 unspecified atom stereocenters. The summed E-state index contributed by atoms with van der Waals surface area (Å²) in [6, 6.07) is 4.63. The summed E-state index contributed by atoms with van der Waals surface area (Å²) in [5, 5.41) is 4.17. The van der Waals surface area contributed by atoms with Crippen molar-refractivity contribution in [2.75, 3.05) is 0 Å². The predicted molar refractivity (Wildman–Crippen MR) is 73.1 cm³/mol. The van der Waals surface area contributed by atoms with Gasteiger partial charge < -0.3 is 0 Å². The highest BCUT2D eigenvalue weighted by Gasteiger charge is 2.31. The van der Waals surface area contributed by atoms with Gasteiger partial charge in [-0.3, -0.25) is 4.79 Å². The fourth-order valence-electron chi connectivity index (χ4n) is 1.95. The largest absolute Gasteiger partial charge is 0.416 e. The number of carbonyl (C=O) groups excluding carboxylic acids is 1. The first-order valence-electron chi connectivity index (χ1n) is 6.17. The van der Waals surface area contributed by atoms with Crippen LogP contribution in [0.25, 0.3) is 5.69 Å². The zero-order valence-corrected chi connectivity index (χ0v) is 12.0. The lowest BCUT2D eigenvalue weighted by Crippen LogP contribution is -2.06. The minimum atomic E-state index is -4.45. The van der Waals surface area contributed by atoms with Crippen LogP contribution in [0.1, 0.15) is 41.4 Å². The van der Waals surface area contributed by atoms with Crippen LogP contribution in [-0.4, -0.2) is 16.1 Å². The predicted octanol–water partition coefficient (Wildman–Crippen LogP) is 4.48. The van der Waals surface area contributed by atoms with Crippen LogP contribution in [-0.2, 0) is 6.18 Å². The second-order valence-corrected chi connectivity index (χ2v) is 5.18. The smallest absolute Gasteiger partial charge is 0.298 e. The highest BCUT2D eigenvalue weighted by atomic mass is 35.5. The molecule has 3 nitrogen and oxygen atoms in total. The SMILES string of the molecule is CC(C)c1nn(-c2cccc(C(F)(F)F)c2)c(Cl)c1C=O. The van der Waals surface area contributed by atoms with Gasteiger partial charge >= 0.3 is 6.18 Å². The first-order valence-corrected chi connectivity index (χ1v) is 6.54. The summed E-state index contributed by atoms with van der Waals surface area (Å²) >= 11 is 6.06. The third-order valence-corrected chi connectivity index (χ3v) is 3.34. The van der Waals surface area contributed by atoms with Gasteiger partial charge in [0.15, 0.2) is 6.29 Å². The highest BCUT2D eigenvalue weighted by molar-refractivity contribution is 6.32. The van der Waals surface area contributed by atoms with E-state index in [1.54, 1.807) is 0 Å². The van der Waals surface area contributed by atoms with Crippen LogP contribution in [0.3, 0.4) is 0 Å². The normalized spacial score (nSPS) is 12.0. The molecule has 21 heavy (non-hydrogen) atoms. The van der Waals surface area contributed by atoms with E-state index < -0.39 is 11.7 Å². The Labute approximate surface area is 124 Å². The Bertz CT molecular complexity index is 677. The molecule has 0 radical (unpaired) electrons. The first-order chi connectivity index (χ1) is 9.75. The number of benzene rings is 1. The maximum Gasteiger partial charge on any atom is 0.416 e. The molecule has 0 aliphatic rings. The Hall–Kier alpha value is -1.82. The number of alkyl halides is 3. The van der Waals surface area contributed by atoms with E-state index in [0.29, 0.717) is 12.0 Å². The average molecular weight is 317 g/mol. The van der Waals surface area contributed by atoms with E-state index >= 15 is 0 Å². The van der Waals surface area contributed by atoms with Gasteiger partial charge in [-0.1, -0.05) is 31.5 Å². The number of aldehydes is 1. The number of halogens is 4. The van der Waals surface area contributed by atoms with Gasteiger partial charge in [-0.15, -0.1) is 0 Å². The Morgan fingerprint density at radius 2 is 2.00 bits per heavy atom. The second kappa shape index (κ2) is 5.52.